The zero-order chi connectivity index (χ0) is 20.9. The molecule has 0 heterocycles. The van der Waals surface area contributed by atoms with Crippen molar-refractivity contribution in [3.8, 4) is 0 Å². The molecule has 3 aromatic carbocycles. The molecular weight excluding hydrogens is 468 g/mol. The molecule has 0 saturated carbocycles. The fourth-order valence-corrected chi connectivity index (χ4v) is 25.9. The van der Waals surface area contributed by atoms with E-state index in [1.807, 2.05) is 0 Å². The van der Waals surface area contributed by atoms with Crippen molar-refractivity contribution in [3.05, 3.63) is 134 Å². The minimum absolute atomic E-state index is 1.16. The Morgan fingerprint density at radius 1 is 0.548 bits per heavy atom. The molecule has 3 aromatic rings. The van der Waals surface area contributed by atoms with Crippen LogP contribution in [0, 0.1) is 0 Å². The third kappa shape index (κ3) is 4.12. The van der Waals surface area contributed by atoms with E-state index in [1.165, 1.54) is 3.75 Å². The van der Waals surface area contributed by atoms with Crippen LogP contribution in [0.15, 0.2) is 134 Å². The van der Waals surface area contributed by atoms with Gasteiger partial charge in [-0.2, -0.15) is 0 Å². The Labute approximate surface area is 195 Å². The van der Waals surface area contributed by atoms with Crippen molar-refractivity contribution in [1.82, 2.24) is 0 Å². The maximum atomic E-state index is 2.45. The van der Waals surface area contributed by atoms with E-state index in [4.69, 9.17) is 0 Å². The summed E-state index contributed by atoms with van der Waals surface area (Å²) in [4.78, 5) is 0. The third-order valence-corrected chi connectivity index (χ3v) is 23.6. The molecule has 151 valence electrons. The molecule has 2 aliphatic rings. The van der Waals surface area contributed by atoms with Gasteiger partial charge in [-0.1, -0.05) is 0 Å². The Morgan fingerprint density at radius 2 is 0.935 bits per heavy atom. The molecule has 0 bridgehead atoms. The van der Waals surface area contributed by atoms with Gasteiger partial charge in [-0.25, -0.2) is 0 Å². The van der Waals surface area contributed by atoms with Gasteiger partial charge in [0.25, 0.3) is 0 Å². The first-order chi connectivity index (χ1) is 15.4. The summed E-state index contributed by atoms with van der Waals surface area (Å²) in [5.41, 5.74) is 0. The second-order valence-electron chi connectivity index (χ2n) is 8.31. The average Bonchev–Trinajstić information content (AvgIpc) is 3.57. The number of hydrogen-bond acceptors (Lipinski definition) is 0. The van der Waals surface area contributed by atoms with Gasteiger partial charge in [-0.05, 0) is 0 Å². The first kappa shape index (κ1) is 20.6. The van der Waals surface area contributed by atoms with E-state index >= 15 is 0 Å². The Bertz CT molecular complexity index is 1010. The van der Waals surface area contributed by atoms with Gasteiger partial charge in [0.1, 0.15) is 0 Å². The zero-order valence-electron chi connectivity index (χ0n) is 17.7. The fourth-order valence-electron chi connectivity index (χ4n) is 5.01. The summed E-state index contributed by atoms with van der Waals surface area (Å²) in [5.74, 6) is 0. The van der Waals surface area contributed by atoms with Crippen molar-refractivity contribution in [2.75, 3.05) is 0 Å². The second-order valence-corrected chi connectivity index (χ2v) is 20.3. The molecule has 31 heavy (non-hydrogen) atoms. The number of hydrogen-bond donors (Lipinski definition) is 0. The van der Waals surface area contributed by atoms with Gasteiger partial charge in [0.05, 0.1) is 0 Å². The molecule has 2 heteroatoms. The van der Waals surface area contributed by atoms with Gasteiger partial charge >= 0.3 is 196 Å². The van der Waals surface area contributed by atoms with Crippen LogP contribution in [0.5, 0.6) is 0 Å². The van der Waals surface area contributed by atoms with Gasteiger partial charge in [-0.15, -0.1) is 0 Å². The summed E-state index contributed by atoms with van der Waals surface area (Å²) in [7, 11) is -2.17. The number of benzene rings is 3. The van der Waals surface area contributed by atoms with Crippen LogP contribution in [0.3, 0.4) is 0 Å². The van der Waals surface area contributed by atoms with Gasteiger partial charge in [0, 0.05) is 0 Å². The van der Waals surface area contributed by atoms with E-state index in [0.29, 0.717) is 0 Å². The van der Waals surface area contributed by atoms with E-state index in [1.54, 1.807) is 22.1 Å². The SMILES string of the molecule is C1=CC[C]([Zr]([CH2][Si](c2ccccc2)(c2ccccc2)c2ccccc2)[C]2=CC=CC2)=C1. The molecule has 0 amide bonds. The Kier molecular flexibility index (Phi) is 6.30. The summed E-state index contributed by atoms with van der Waals surface area (Å²) in [5, 5.41) is 4.64. The second kappa shape index (κ2) is 9.47. The molecule has 0 nitrogen and oxygen atoms in total. The molecule has 0 aliphatic heterocycles. The molecule has 2 aliphatic carbocycles. The molecule has 0 aromatic heterocycles. The topological polar surface area (TPSA) is 0 Å². The van der Waals surface area contributed by atoms with Crippen molar-refractivity contribution < 1.29 is 21.8 Å². The van der Waals surface area contributed by atoms with Crippen LogP contribution < -0.4 is 15.6 Å². The molecule has 0 N–H and O–H groups in total. The summed E-state index contributed by atoms with van der Waals surface area (Å²) in [6.07, 6.45) is 16.5. The van der Waals surface area contributed by atoms with Crippen LogP contribution in [-0.2, 0) is 21.8 Å². The first-order valence-electron chi connectivity index (χ1n) is 11.1. The summed E-state index contributed by atoms with van der Waals surface area (Å²) in [6, 6.07) is 34.3. The summed E-state index contributed by atoms with van der Waals surface area (Å²) in [6.45, 7) is 0. The van der Waals surface area contributed by atoms with E-state index < -0.39 is 29.8 Å². The number of allylic oxidation sites excluding steroid dienone is 8. The maximum absolute atomic E-state index is 2.45. The summed E-state index contributed by atoms with van der Waals surface area (Å²) < 4.78 is 4.88. The molecule has 0 unspecified atom stereocenters. The molecule has 5 rings (SSSR count). The molecule has 0 fully saturated rings. The van der Waals surface area contributed by atoms with Crippen LogP contribution >= 0.6 is 0 Å². The van der Waals surface area contributed by atoms with E-state index in [-0.39, 0.29) is 0 Å². The third-order valence-electron chi connectivity index (χ3n) is 6.56. The van der Waals surface area contributed by atoms with Crippen molar-refractivity contribution in [2.45, 2.75) is 16.6 Å². The number of rotatable bonds is 7. The monoisotopic (exact) mass is 493 g/mol. The molecule has 0 radical (unpaired) electrons. The van der Waals surface area contributed by atoms with Crippen molar-refractivity contribution >= 4 is 23.6 Å². The first-order valence-corrected chi connectivity index (χ1v) is 17.5. The standard InChI is InChI=1S/C19H17Si.2C5H5.Zr/c1-20(17-11-5-2-6-12-17,18-13-7-3-8-14-18)19-15-9-4-10-16-19;2*1-2-4-5-3-1;/h2-16H,1H2;2*1-3H,4H2;. The van der Waals surface area contributed by atoms with Crippen LogP contribution in [0.2, 0.25) is 3.75 Å². The zero-order valence-corrected chi connectivity index (χ0v) is 21.2. The Morgan fingerprint density at radius 3 is 1.26 bits per heavy atom. The van der Waals surface area contributed by atoms with Crippen molar-refractivity contribution in [1.29, 1.82) is 0 Å². The molecule has 0 saturated heterocycles. The van der Waals surface area contributed by atoms with Crippen LogP contribution in [0.25, 0.3) is 0 Å². The van der Waals surface area contributed by atoms with Gasteiger partial charge in [-0.3, -0.25) is 0 Å². The van der Waals surface area contributed by atoms with E-state index in [2.05, 4.69) is 127 Å². The fraction of sp³-hybridized carbons (Fsp3) is 0.103. The quantitative estimate of drug-likeness (QED) is 0.304. The van der Waals surface area contributed by atoms with Gasteiger partial charge in [0.15, 0.2) is 0 Å². The van der Waals surface area contributed by atoms with Crippen LogP contribution in [0.1, 0.15) is 12.8 Å². The Balaban J connectivity index is 1.73. The van der Waals surface area contributed by atoms with E-state index in [0.717, 1.165) is 12.8 Å². The van der Waals surface area contributed by atoms with Crippen molar-refractivity contribution in [3.63, 3.8) is 0 Å². The van der Waals surface area contributed by atoms with Crippen molar-refractivity contribution in [2.24, 2.45) is 0 Å². The average molecular weight is 495 g/mol. The Hall–Kier alpha value is -2.28. The summed E-state index contributed by atoms with van der Waals surface area (Å²) >= 11 is -2.06. The van der Waals surface area contributed by atoms with Gasteiger partial charge in [0.2, 0.25) is 0 Å². The molecule has 0 spiro atoms. The molecule has 0 atom stereocenters. The normalized spacial score (nSPS) is 15.1. The van der Waals surface area contributed by atoms with Crippen LogP contribution in [-0.4, -0.2) is 8.07 Å². The minimum atomic E-state index is -2.17. The van der Waals surface area contributed by atoms with E-state index in [9.17, 15) is 0 Å². The van der Waals surface area contributed by atoms with Crippen LogP contribution in [0.4, 0.5) is 0 Å². The predicted molar refractivity (Wildman–Crippen MR) is 132 cm³/mol. The van der Waals surface area contributed by atoms with Gasteiger partial charge < -0.3 is 0 Å². The predicted octanol–water partition coefficient (Wildman–Crippen LogP) is 5.42. The molecular formula is C29H27SiZr.